The van der Waals surface area contributed by atoms with Gasteiger partial charge in [0.2, 0.25) is 0 Å². The molecule has 1 heterocycles. The zero-order valence-electron chi connectivity index (χ0n) is 11.1. The Morgan fingerprint density at radius 2 is 2.06 bits per heavy atom. The number of likely N-dealkylation sites (tertiary alicyclic amines) is 1. The molecule has 2 atom stereocenters. The highest BCUT2D eigenvalue weighted by atomic mass is 15.1. The summed E-state index contributed by atoms with van der Waals surface area (Å²) in [5.41, 5.74) is 4.83. The van der Waals surface area contributed by atoms with Crippen LogP contribution in [0.4, 0.5) is 0 Å². The van der Waals surface area contributed by atoms with E-state index in [9.17, 15) is 0 Å². The molecule has 2 unspecified atom stereocenters. The lowest BCUT2D eigenvalue weighted by atomic mass is 9.83. The summed E-state index contributed by atoms with van der Waals surface area (Å²) < 4.78 is 0. The predicted molar refractivity (Wildman–Crippen MR) is 72.5 cm³/mol. The number of likely N-dealkylation sites (N-methyl/N-ethyl adjacent to an activating group) is 1. The maximum Gasteiger partial charge on any atom is 0.00477 e. The Balaban J connectivity index is 1.83. The Morgan fingerprint density at radius 1 is 1.18 bits per heavy atom. The Kier molecular flexibility index (Phi) is 2.96. The van der Waals surface area contributed by atoms with Crippen molar-refractivity contribution < 1.29 is 0 Å². The van der Waals surface area contributed by atoms with E-state index in [1.165, 1.54) is 38.8 Å². The summed E-state index contributed by atoms with van der Waals surface area (Å²) in [7, 11) is 2.24. The van der Waals surface area contributed by atoms with Gasteiger partial charge in [0, 0.05) is 6.54 Å². The first-order valence-corrected chi connectivity index (χ1v) is 7.02. The number of aryl methyl sites for hydroxylation is 1. The van der Waals surface area contributed by atoms with Crippen LogP contribution < -0.4 is 0 Å². The van der Waals surface area contributed by atoms with Gasteiger partial charge in [-0.05, 0) is 67.8 Å². The third-order valence-electron chi connectivity index (χ3n) is 4.57. The predicted octanol–water partition coefficient (Wildman–Crippen LogP) is 3.23. The van der Waals surface area contributed by atoms with E-state index in [-0.39, 0.29) is 0 Å². The third-order valence-corrected chi connectivity index (χ3v) is 4.57. The summed E-state index contributed by atoms with van der Waals surface area (Å²) in [6.07, 6.45) is 5.31. The zero-order valence-corrected chi connectivity index (χ0v) is 11.1. The van der Waals surface area contributed by atoms with Gasteiger partial charge in [0.1, 0.15) is 0 Å². The fourth-order valence-corrected chi connectivity index (χ4v) is 3.42. The van der Waals surface area contributed by atoms with Crippen LogP contribution in [0.3, 0.4) is 0 Å². The van der Waals surface area contributed by atoms with E-state index in [0.717, 1.165) is 11.8 Å². The molecule has 1 heteroatoms. The van der Waals surface area contributed by atoms with Crippen LogP contribution in [0.2, 0.25) is 0 Å². The molecule has 0 N–H and O–H groups in total. The van der Waals surface area contributed by atoms with Gasteiger partial charge in [0.15, 0.2) is 0 Å². The minimum atomic E-state index is 0.782. The second-order valence-corrected chi connectivity index (χ2v) is 6.12. The van der Waals surface area contributed by atoms with Crippen LogP contribution in [0, 0.1) is 5.92 Å². The molecule has 0 amide bonds. The molecule has 1 aliphatic heterocycles. The topological polar surface area (TPSA) is 3.24 Å². The van der Waals surface area contributed by atoms with E-state index in [2.05, 4.69) is 37.1 Å². The number of benzene rings is 1. The van der Waals surface area contributed by atoms with Crippen LogP contribution in [0.5, 0.6) is 0 Å². The highest BCUT2D eigenvalue weighted by molar-refractivity contribution is 5.36. The maximum absolute atomic E-state index is 2.50. The van der Waals surface area contributed by atoms with Crippen LogP contribution in [-0.4, -0.2) is 25.0 Å². The molecule has 0 radical (unpaired) electrons. The van der Waals surface area contributed by atoms with Gasteiger partial charge in [-0.15, -0.1) is 0 Å². The Labute approximate surface area is 105 Å². The lowest BCUT2D eigenvalue weighted by molar-refractivity contribution is 0.411. The molecule has 92 valence electrons. The first-order chi connectivity index (χ1) is 8.22. The first-order valence-electron chi connectivity index (χ1n) is 7.02. The van der Waals surface area contributed by atoms with Crippen molar-refractivity contribution in [2.24, 2.45) is 5.92 Å². The van der Waals surface area contributed by atoms with Crippen LogP contribution in [0.15, 0.2) is 18.2 Å². The summed E-state index contributed by atoms with van der Waals surface area (Å²) in [6.45, 7) is 4.89. The summed E-state index contributed by atoms with van der Waals surface area (Å²) in [6, 6.07) is 7.30. The monoisotopic (exact) mass is 229 g/mol. The second-order valence-electron chi connectivity index (χ2n) is 6.12. The van der Waals surface area contributed by atoms with Crippen molar-refractivity contribution in [2.45, 2.75) is 38.5 Å². The minimum Gasteiger partial charge on any atom is -0.306 e. The highest BCUT2D eigenvalue weighted by Gasteiger charge is 2.22. The molecule has 1 aromatic carbocycles. The van der Waals surface area contributed by atoms with Crippen molar-refractivity contribution in [2.75, 3.05) is 20.1 Å². The normalized spacial score (nSPS) is 29.3. The molecule has 17 heavy (non-hydrogen) atoms. The molecule has 0 spiro atoms. The van der Waals surface area contributed by atoms with Crippen LogP contribution >= 0.6 is 0 Å². The van der Waals surface area contributed by atoms with Crippen LogP contribution in [0.25, 0.3) is 0 Å². The quantitative estimate of drug-likeness (QED) is 0.714. The van der Waals surface area contributed by atoms with E-state index in [0.29, 0.717) is 0 Å². The molecule has 1 fully saturated rings. The highest BCUT2D eigenvalue weighted by Crippen LogP contribution is 2.31. The SMILES string of the molecule is CC1CCc2cc(C3CCN(C)C3)ccc2C1. The standard InChI is InChI=1S/C16H23N/c1-12-3-4-14-10-15(6-5-13(14)9-12)16-7-8-17(2)11-16/h5-6,10,12,16H,3-4,7-9,11H2,1-2H3. The largest absolute Gasteiger partial charge is 0.306 e. The molecular formula is C16H23N. The summed E-state index contributed by atoms with van der Waals surface area (Å²) in [4.78, 5) is 2.45. The van der Waals surface area contributed by atoms with Gasteiger partial charge in [-0.2, -0.15) is 0 Å². The third kappa shape index (κ3) is 2.26. The van der Waals surface area contributed by atoms with E-state index in [1.807, 2.05) is 0 Å². The number of hydrogen-bond acceptors (Lipinski definition) is 1. The molecule has 1 saturated heterocycles. The van der Waals surface area contributed by atoms with Crippen molar-refractivity contribution >= 4 is 0 Å². The molecule has 0 aromatic heterocycles. The Morgan fingerprint density at radius 3 is 2.82 bits per heavy atom. The Bertz CT molecular complexity index is 410. The smallest absolute Gasteiger partial charge is 0.00477 e. The maximum atomic E-state index is 2.50. The molecule has 2 aliphatic rings. The summed E-state index contributed by atoms with van der Waals surface area (Å²) in [5.74, 6) is 1.66. The fourth-order valence-electron chi connectivity index (χ4n) is 3.42. The number of rotatable bonds is 1. The first kappa shape index (κ1) is 11.3. The average Bonchev–Trinajstić information content (AvgIpc) is 2.75. The van der Waals surface area contributed by atoms with Gasteiger partial charge in [0.05, 0.1) is 0 Å². The van der Waals surface area contributed by atoms with Crippen molar-refractivity contribution in [3.05, 3.63) is 34.9 Å². The molecule has 1 nitrogen and oxygen atoms in total. The molecular weight excluding hydrogens is 206 g/mol. The fraction of sp³-hybridized carbons (Fsp3) is 0.625. The van der Waals surface area contributed by atoms with Gasteiger partial charge in [0.25, 0.3) is 0 Å². The van der Waals surface area contributed by atoms with Gasteiger partial charge in [-0.25, -0.2) is 0 Å². The van der Waals surface area contributed by atoms with Crippen molar-refractivity contribution in [3.8, 4) is 0 Å². The van der Waals surface area contributed by atoms with Gasteiger partial charge in [-0.1, -0.05) is 25.1 Å². The van der Waals surface area contributed by atoms with Gasteiger partial charge in [-0.3, -0.25) is 0 Å². The molecule has 0 bridgehead atoms. The number of hydrogen-bond donors (Lipinski definition) is 0. The summed E-state index contributed by atoms with van der Waals surface area (Å²) in [5, 5.41) is 0. The lowest BCUT2D eigenvalue weighted by Gasteiger charge is -2.23. The van der Waals surface area contributed by atoms with Crippen LogP contribution in [-0.2, 0) is 12.8 Å². The minimum absolute atomic E-state index is 0.782. The van der Waals surface area contributed by atoms with Crippen LogP contribution in [0.1, 0.15) is 42.4 Å². The van der Waals surface area contributed by atoms with E-state index < -0.39 is 0 Å². The van der Waals surface area contributed by atoms with E-state index in [1.54, 1.807) is 16.7 Å². The lowest BCUT2D eigenvalue weighted by Crippen LogP contribution is -2.14. The van der Waals surface area contributed by atoms with Gasteiger partial charge >= 0.3 is 0 Å². The van der Waals surface area contributed by atoms with E-state index >= 15 is 0 Å². The second kappa shape index (κ2) is 4.45. The average molecular weight is 229 g/mol. The molecule has 0 saturated carbocycles. The zero-order chi connectivity index (χ0) is 11.8. The van der Waals surface area contributed by atoms with Crippen molar-refractivity contribution in [1.29, 1.82) is 0 Å². The summed E-state index contributed by atoms with van der Waals surface area (Å²) >= 11 is 0. The Hall–Kier alpha value is -0.820. The number of nitrogens with zero attached hydrogens (tertiary/aromatic N) is 1. The molecule has 1 aliphatic carbocycles. The van der Waals surface area contributed by atoms with Crippen molar-refractivity contribution in [3.63, 3.8) is 0 Å². The van der Waals surface area contributed by atoms with Crippen molar-refractivity contribution in [1.82, 2.24) is 4.90 Å². The molecule has 1 aromatic rings. The van der Waals surface area contributed by atoms with Gasteiger partial charge < -0.3 is 4.90 Å². The van der Waals surface area contributed by atoms with E-state index in [4.69, 9.17) is 0 Å². The molecule has 3 rings (SSSR count). The number of fused-ring (bicyclic) bond motifs is 1.